The van der Waals surface area contributed by atoms with E-state index < -0.39 is 0 Å². The van der Waals surface area contributed by atoms with Crippen molar-refractivity contribution in [3.8, 4) is 0 Å². The molecule has 0 spiro atoms. The zero-order chi connectivity index (χ0) is 16.7. The largest absolute Gasteiger partial charge is 0.335 e. The van der Waals surface area contributed by atoms with Crippen LogP contribution < -0.4 is 5.32 Å². The third-order valence-corrected chi connectivity index (χ3v) is 4.43. The molecule has 1 aromatic carbocycles. The minimum atomic E-state index is 0.668. The number of aromatic nitrogens is 3. The summed E-state index contributed by atoms with van der Waals surface area (Å²) in [5.41, 5.74) is 6.27. The number of benzene rings is 1. The molecule has 4 rings (SSSR count). The molecule has 0 unspecified atom stereocenters. The van der Waals surface area contributed by atoms with Crippen LogP contribution >= 0.6 is 11.6 Å². The van der Waals surface area contributed by atoms with Crippen LogP contribution in [-0.2, 0) is 6.42 Å². The summed E-state index contributed by atoms with van der Waals surface area (Å²) in [5.74, 6) is 0.696. The Hall–Kier alpha value is -2.66. The molecule has 3 aromatic rings. The SMILES string of the molecule is CCc1cc2c(cn1)Nc1n[nH]c(C)c1N=C2c1ccccc1Cl. The Bertz CT molecular complexity index is 958. The first-order valence-corrected chi connectivity index (χ1v) is 8.20. The average Bonchev–Trinajstić information content (AvgIpc) is 2.85. The van der Waals surface area contributed by atoms with Gasteiger partial charge in [-0.25, -0.2) is 4.99 Å². The average molecular weight is 338 g/mol. The van der Waals surface area contributed by atoms with E-state index in [1.807, 2.05) is 37.4 Å². The standard InChI is InChI=1S/C18H16ClN5/c1-3-11-8-13-15(9-20-11)21-18-16(10(2)23-24-18)22-17(13)12-6-4-5-7-14(12)19/h4-9H,3H2,1-2H3,(H2,21,23,24). The van der Waals surface area contributed by atoms with Crippen molar-refractivity contribution in [1.82, 2.24) is 15.2 Å². The first kappa shape index (κ1) is 14.9. The maximum Gasteiger partial charge on any atom is 0.178 e. The highest BCUT2D eigenvalue weighted by molar-refractivity contribution is 6.36. The summed E-state index contributed by atoms with van der Waals surface area (Å²) in [5, 5.41) is 11.3. The van der Waals surface area contributed by atoms with E-state index in [4.69, 9.17) is 16.6 Å². The molecule has 3 heterocycles. The molecule has 0 bridgehead atoms. The van der Waals surface area contributed by atoms with Gasteiger partial charge in [-0.1, -0.05) is 36.7 Å². The van der Waals surface area contributed by atoms with Crippen LogP contribution in [0.5, 0.6) is 0 Å². The van der Waals surface area contributed by atoms with Crippen LogP contribution in [0.3, 0.4) is 0 Å². The van der Waals surface area contributed by atoms with E-state index >= 15 is 0 Å². The molecule has 2 N–H and O–H groups in total. The Morgan fingerprint density at radius 2 is 2.00 bits per heavy atom. The topological polar surface area (TPSA) is 66.0 Å². The summed E-state index contributed by atoms with van der Waals surface area (Å²) in [6.45, 7) is 4.04. The van der Waals surface area contributed by atoms with E-state index in [1.165, 1.54) is 0 Å². The fourth-order valence-corrected chi connectivity index (χ4v) is 3.02. The van der Waals surface area contributed by atoms with Gasteiger partial charge in [0.2, 0.25) is 0 Å². The van der Waals surface area contributed by atoms with Crippen molar-refractivity contribution in [3.63, 3.8) is 0 Å². The Morgan fingerprint density at radius 1 is 1.17 bits per heavy atom. The summed E-state index contributed by atoms with van der Waals surface area (Å²) in [4.78, 5) is 9.39. The molecule has 0 atom stereocenters. The third kappa shape index (κ3) is 2.37. The van der Waals surface area contributed by atoms with Gasteiger partial charge in [0, 0.05) is 21.8 Å². The second-order valence-electron chi connectivity index (χ2n) is 5.69. The lowest BCUT2D eigenvalue weighted by atomic mass is 10.0. The van der Waals surface area contributed by atoms with E-state index in [9.17, 15) is 0 Å². The molecular formula is C18H16ClN5. The van der Waals surface area contributed by atoms with Gasteiger partial charge in [0.1, 0.15) is 5.69 Å². The molecule has 120 valence electrons. The quantitative estimate of drug-likeness (QED) is 0.563. The lowest BCUT2D eigenvalue weighted by Crippen LogP contribution is -2.07. The molecule has 6 heteroatoms. The van der Waals surface area contributed by atoms with Crippen molar-refractivity contribution < 1.29 is 0 Å². The van der Waals surface area contributed by atoms with Gasteiger partial charge in [-0.05, 0) is 25.5 Å². The number of nitrogens with one attached hydrogen (secondary N) is 2. The summed E-state index contributed by atoms with van der Waals surface area (Å²) < 4.78 is 0. The van der Waals surface area contributed by atoms with Gasteiger partial charge in [0.15, 0.2) is 5.82 Å². The highest BCUT2D eigenvalue weighted by Gasteiger charge is 2.22. The molecule has 5 nitrogen and oxygen atoms in total. The molecule has 24 heavy (non-hydrogen) atoms. The van der Waals surface area contributed by atoms with Gasteiger partial charge in [-0.2, -0.15) is 5.10 Å². The van der Waals surface area contributed by atoms with Gasteiger partial charge >= 0.3 is 0 Å². The third-order valence-electron chi connectivity index (χ3n) is 4.10. The molecule has 1 aliphatic rings. The van der Waals surface area contributed by atoms with Crippen LogP contribution in [0.2, 0.25) is 5.02 Å². The maximum atomic E-state index is 6.45. The van der Waals surface area contributed by atoms with Crippen molar-refractivity contribution in [2.24, 2.45) is 4.99 Å². The van der Waals surface area contributed by atoms with E-state index in [2.05, 4.69) is 33.5 Å². The van der Waals surface area contributed by atoms with E-state index in [-0.39, 0.29) is 0 Å². The number of aromatic amines is 1. The van der Waals surface area contributed by atoms with Crippen molar-refractivity contribution in [2.45, 2.75) is 20.3 Å². The number of aliphatic imine (C=N–C) groups is 1. The highest BCUT2D eigenvalue weighted by Crippen LogP contribution is 2.37. The lowest BCUT2D eigenvalue weighted by molar-refractivity contribution is 1.03. The monoisotopic (exact) mass is 337 g/mol. The van der Waals surface area contributed by atoms with Crippen LogP contribution in [0, 0.1) is 6.92 Å². The van der Waals surface area contributed by atoms with E-state index in [0.717, 1.165) is 46.0 Å². The molecule has 1 aliphatic heterocycles. The number of fused-ring (bicyclic) bond motifs is 2. The zero-order valence-corrected chi connectivity index (χ0v) is 14.1. The first-order valence-electron chi connectivity index (χ1n) is 7.82. The van der Waals surface area contributed by atoms with Gasteiger partial charge < -0.3 is 5.32 Å². The number of H-pyrrole nitrogens is 1. The minimum absolute atomic E-state index is 0.668. The number of halogens is 1. The van der Waals surface area contributed by atoms with Crippen molar-refractivity contribution in [3.05, 3.63) is 64.1 Å². The molecule has 0 aliphatic carbocycles. The van der Waals surface area contributed by atoms with Gasteiger partial charge in [-0.15, -0.1) is 0 Å². The lowest BCUT2D eigenvalue weighted by Gasteiger charge is -2.12. The number of rotatable bonds is 2. The molecule has 0 fully saturated rings. The van der Waals surface area contributed by atoms with E-state index in [0.29, 0.717) is 10.8 Å². The summed E-state index contributed by atoms with van der Waals surface area (Å²) in [6.07, 6.45) is 2.69. The summed E-state index contributed by atoms with van der Waals surface area (Å²) in [7, 11) is 0. The van der Waals surface area contributed by atoms with Crippen LogP contribution in [0.25, 0.3) is 0 Å². The predicted octanol–water partition coefficient (Wildman–Crippen LogP) is 4.56. The summed E-state index contributed by atoms with van der Waals surface area (Å²) >= 11 is 6.45. The summed E-state index contributed by atoms with van der Waals surface area (Å²) in [6, 6.07) is 9.81. The second kappa shape index (κ2) is 5.76. The number of hydrogen-bond donors (Lipinski definition) is 2. The van der Waals surface area contributed by atoms with Crippen molar-refractivity contribution in [1.29, 1.82) is 0 Å². The molecule has 0 radical (unpaired) electrons. The fraction of sp³-hybridized carbons (Fsp3) is 0.167. The van der Waals surface area contributed by atoms with Crippen molar-refractivity contribution in [2.75, 3.05) is 5.32 Å². The molecular weight excluding hydrogens is 322 g/mol. The van der Waals surface area contributed by atoms with Crippen LogP contribution in [0.1, 0.15) is 29.4 Å². The number of aryl methyl sites for hydroxylation is 2. The van der Waals surface area contributed by atoms with Crippen LogP contribution in [-0.4, -0.2) is 20.9 Å². The van der Waals surface area contributed by atoms with Gasteiger partial charge in [-0.3, -0.25) is 10.1 Å². The van der Waals surface area contributed by atoms with Gasteiger partial charge in [0.25, 0.3) is 0 Å². The van der Waals surface area contributed by atoms with Crippen LogP contribution in [0.15, 0.2) is 41.5 Å². The predicted molar refractivity (Wildman–Crippen MR) is 97.0 cm³/mol. The number of pyridine rings is 1. The first-order chi connectivity index (χ1) is 11.7. The molecule has 0 amide bonds. The Morgan fingerprint density at radius 3 is 2.79 bits per heavy atom. The number of hydrogen-bond acceptors (Lipinski definition) is 4. The zero-order valence-electron chi connectivity index (χ0n) is 13.4. The highest BCUT2D eigenvalue weighted by atomic mass is 35.5. The molecule has 0 saturated heterocycles. The molecule has 0 saturated carbocycles. The van der Waals surface area contributed by atoms with Crippen LogP contribution in [0.4, 0.5) is 17.2 Å². The Balaban J connectivity index is 2.03. The Labute approximate surface area is 144 Å². The maximum absolute atomic E-state index is 6.45. The minimum Gasteiger partial charge on any atom is -0.335 e. The number of anilines is 2. The molecule has 2 aromatic heterocycles. The Kier molecular flexibility index (Phi) is 3.58. The smallest absolute Gasteiger partial charge is 0.178 e. The normalized spacial score (nSPS) is 12.7. The van der Waals surface area contributed by atoms with Crippen molar-refractivity contribution >= 4 is 34.5 Å². The fourth-order valence-electron chi connectivity index (χ4n) is 2.79. The van der Waals surface area contributed by atoms with E-state index in [1.54, 1.807) is 0 Å². The second-order valence-corrected chi connectivity index (χ2v) is 6.09. The van der Waals surface area contributed by atoms with Gasteiger partial charge in [0.05, 0.1) is 23.3 Å². The number of nitrogens with zero attached hydrogens (tertiary/aromatic N) is 3.